The molecule has 0 bridgehead atoms. The Morgan fingerprint density at radius 3 is 3.18 bits per heavy atom. The number of nitrogens with zero attached hydrogens (tertiary/aromatic N) is 2. The van der Waals surface area contributed by atoms with E-state index in [9.17, 15) is 4.79 Å². The Hall–Kier alpha value is -0.980. The normalized spacial score (nSPS) is 25.3. The van der Waals surface area contributed by atoms with Crippen LogP contribution in [0.25, 0.3) is 10.1 Å². The van der Waals surface area contributed by atoms with Gasteiger partial charge in [0.1, 0.15) is 5.69 Å². The van der Waals surface area contributed by atoms with Gasteiger partial charge in [0, 0.05) is 22.4 Å². The van der Waals surface area contributed by atoms with Gasteiger partial charge in [-0.1, -0.05) is 28.8 Å². The van der Waals surface area contributed by atoms with E-state index in [1.165, 1.54) is 43.8 Å². The summed E-state index contributed by atoms with van der Waals surface area (Å²) in [7, 11) is 0. The Labute approximate surface area is 142 Å². The molecule has 2 saturated heterocycles. The van der Waals surface area contributed by atoms with Crippen molar-refractivity contribution in [2.45, 2.75) is 37.8 Å². The van der Waals surface area contributed by atoms with Gasteiger partial charge in [0.2, 0.25) is 0 Å². The fourth-order valence-corrected chi connectivity index (χ4v) is 4.89. The third-order valence-electron chi connectivity index (χ3n) is 4.78. The van der Waals surface area contributed by atoms with Gasteiger partial charge in [-0.15, -0.1) is 0 Å². The molecule has 2 aromatic rings. The lowest BCUT2D eigenvalue weighted by atomic mass is 9.93. The summed E-state index contributed by atoms with van der Waals surface area (Å²) in [5, 5.41) is 4.15. The highest BCUT2D eigenvalue weighted by molar-refractivity contribution is 9.10. The van der Waals surface area contributed by atoms with E-state index in [2.05, 4.69) is 30.5 Å². The van der Waals surface area contributed by atoms with Crippen molar-refractivity contribution in [3.63, 3.8) is 0 Å². The van der Waals surface area contributed by atoms with Gasteiger partial charge in [-0.25, -0.2) is 0 Å². The van der Waals surface area contributed by atoms with Gasteiger partial charge in [-0.3, -0.25) is 9.69 Å². The Balaban J connectivity index is 1.50. The number of fused-ring (bicyclic) bond motifs is 2. The number of hydrogen-bond acceptors (Lipinski definition) is 4. The monoisotopic (exact) mass is 379 g/mol. The zero-order chi connectivity index (χ0) is 15.1. The van der Waals surface area contributed by atoms with Crippen LogP contribution in [0.5, 0.6) is 0 Å². The average molecular weight is 380 g/mol. The van der Waals surface area contributed by atoms with Crippen LogP contribution in [0.1, 0.15) is 36.2 Å². The molecule has 1 amide bonds. The highest BCUT2D eigenvalue weighted by atomic mass is 79.9. The molecule has 2 aliphatic rings. The number of rotatable bonds is 2. The van der Waals surface area contributed by atoms with E-state index in [1.54, 1.807) is 0 Å². The lowest BCUT2D eigenvalue weighted by molar-refractivity contribution is 0.0410. The smallest absolute Gasteiger partial charge is 0.271 e. The molecule has 6 heteroatoms. The molecule has 4 nitrogen and oxygen atoms in total. The first kappa shape index (κ1) is 14.6. The largest absolute Gasteiger partial charge is 0.345 e. The molecule has 2 atom stereocenters. The van der Waals surface area contributed by atoms with E-state index in [0.717, 1.165) is 21.1 Å². The number of carbonyl (C=O) groups is 1. The first-order valence-corrected chi connectivity index (χ1v) is 9.39. The van der Waals surface area contributed by atoms with Crippen molar-refractivity contribution in [1.82, 2.24) is 14.6 Å². The topological polar surface area (TPSA) is 45.2 Å². The predicted octanol–water partition coefficient (Wildman–Crippen LogP) is 3.42. The Kier molecular flexibility index (Phi) is 3.92. The summed E-state index contributed by atoms with van der Waals surface area (Å²) in [5.74, 6) is -0.0255. The van der Waals surface area contributed by atoms with Crippen molar-refractivity contribution in [1.29, 1.82) is 0 Å². The summed E-state index contributed by atoms with van der Waals surface area (Å²) in [6.07, 6.45) is 5.10. The molecule has 3 heterocycles. The van der Waals surface area contributed by atoms with E-state index in [4.69, 9.17) is 0 Å². The third kappa shape index (κ3) is 2.57. The van der Waals surface area contributed by atoms with Gasteiger partial charge in [0.15, 0.2) is 0 Å². The van der Waals surface area contributed by atoms with Crippen LogP contribution in [-0.2, 0) is 0 Å². The van der Waals surface area contributed by atoms with Gasteiger partial charge in [-0.2, -0.15) is 4.37 Å². The van der Waals surface area contributed by atoms with Gasteiger partial charge < -0.3 is 5.32 Å². The minimum Gasteiger partial charge on any atom is -0.345 e. The standard InChI is InChI=1S/C16H18BrN3OS/c17-10-5-6-11-14(8-10)22-19-15(11)16(21)18-12-9-20-7-3-1-2-4-13(12)20/h5-6,8,12-13H,1-4,7,9H2,(H,18,21)/t12-,13?/m1/s1. The SMILES string of the molecule is O=C(N[C@@H]1CN2CCCCCC12)c1nsc2cc(Br)ccc12. The molecular weight excluding hydrogens is 362 g/mol. The first-order chi connectivity index (χ1) is 10.7. The molecule has 2 aliphatic heterocycles. The summed E-state index contributed by atoms with van der Waals surface area (Å²) in [6.45, 7) is 2.18. The van der Waals surface area contributed by atoms with Gasteiger partial charge in [0.25, 0.3) is 5.91 Å². The van der Waals surface area contributed by atoms with Crippen LogP contribution >= 0.6 is 27.5 Å². The number of amides is 1. The van der Waals surface area contributed by atoms with Crippen LogP contribution in [0.2, 0.25) is 0 Å². The zero-order valence-corrected chi connectivity index (χ0v) is 14.6. The van der Waals surface area contributed by atoms with E-state index in [-0.39, 0.29) is 11.9 Å². The van der Waals surface area contributed by atoms with Crippen molar-refractivity contribution >= 4 is 43.5 Å². The number of halogens is 1. The van der Waals surface area contributed by atoms with E-state index in [0.29, 0.717) is 11.7 Å². The molecule has 1 aromatic carbocycles. The molecule has 0 spiro atoms. The number of benzene rings is 1. The van der Waals surface area contributed by atoms with Crippen molar-refractivity contribution in [3.05, 3.63) is 28.4 Å². The molecule has 1 aromatic heterocycles. The molecule has 1 unspecified atom stereocenters. The van der Waals surface area contributed by atoms with E-state index >= 15 is 0 Å². The van der Waals surface area contributed by atoms with Crippen LogP contribution in [0.15, 0.2) is 22.7 Å². The molecule has 2 fully saturated rings. The fraction of sp³-hybridized carbons (Fsp3) is 0.500. The number of carbonyl (C=O) groups excluding carboxylic acids is 1. The van der Waals surface area contributed by atoms with Gasteiger partial charge in [-0.05, 0) is 49.1 Å². The van der Waals surface area contributed by atoms with Gasteiger partial charge in [0.05, 0.1) is 10.7 Å². The van der Waals surface area contributed by atoms with Crippen LogP contribution < -0.4 is 5.32 Å². The Morgan fingerprint density at radius 2 is 2.27 bits per heavy atom. The molecule has 1 N–H and O–H groups in total. The minimum atomic E-state index is -0.0255. The summed E-state index contributed by atoms with van der Waals surface area (Å²) >= 11 is 4.84. The second-order valence-corrected chi connectivity index (χ2v) is 7.88. The zero-order valence-electron chi connectivity index (χ0n) is 12.2. The van der Waals surface area contributed by atoms with Crippen molar-refractivity contribution in [3.8, 4) is 0 Å². The molecule has 0 aliphatic carbocycles. The van der Waals surface area contributed by atoms with Crippen LogP contribution in [0.4, 0.5) is 0 Å². The van der Waals surface area contributed by atoms with Crippen molar-refractivity contribution < 1.29 is 4.79 Å². The maximum Gasteiger partial charge on any atom is 0.271 e. The number of aromatic nitrogens is 1. The summed E-state index contributed by atoms with van der Waals surface area (Å²) in [4.78, 5) is 15.1. The molecule has 116 valence electrons. The Morgan fingerprint density at radius 1 is 1.36 bits per heavy atom. The molecule has 4 rings (SSSR count). The van der Waals surface area contributed by atoms with E-state index in [1.807, 2.05) is 18.2 Å². The maximum absolute atomic E-state index is 12.6. The maximum atomic E-state index is 12.6. The van der Waals surface area contributed by atoms with Crippen molar-refractivity contribution in [2.24, 2.45) is 0 Å². The Bertz CT molecular complexity index is 716. The summed E-state index contributed by atoms with van der Waals surface area (Å²) in [6, 6.07) is 6.77. The summed E-state index contributed by atoms with van der Waals surface area (Å²) < 4.78 is 6.43. The second kappa shape index (κ2) is 5.91. The number of hydrogen-bond donors (Lipinski definition) is 1. The first-order valence-electron chi connectivity index (χ1n) is 7.82. The second-order valence-electron chi connectivity index (χ2n) is 6.16. The summed E-state index contributed by atoms with van der Waals surface area (Å²) in [5.41, 5.74) is 0.569. The lowest BCUT2D eigenvalue weighted by Gasteiger charge is -2.47. The van der Waals surface area contributed by atoms with Crippen LogP contribution in [0.3, 0.4) is 0 Å². The highest BCUT2D eigenvalue weighted by Gasteiger charge is 2.40. The lowest BCUT2D eigenvalue weighted by Crippen LogP contribution is -2.66. The minimum absolute atomic E-state index is 0.0255. The fourth-order valence-electron chi connectivity index (χ4n) is 3.57. The molecule has 0 saturated carbocycles. The van der Waals surface area contributed by atoms with Crippen molar-refractivity contribution in [2.75, 3.05) is 13.1 Å². The van der Waals surface area contributed by atoms with Crippen LogP contribution in [-0.4, -0.2) is 40.4 Å². The highest BCUT2D eigenvalue weighted by Crippen LogP contribution is 2.29. The number of nitrogens with one attached hydrogen (secondary N) is 1. The predicted molar refractivity (Wildman–Crippen MR) is 92.4 cm³/mol. The molecular formula is C16H18BrN3OS. The molecule has 0 radical (unpaired) electrons. The van der Waals surface area contributed by atoms with E-state index < -0.39 is 0 Å². The quantitative estimate of drug-likeness (QED) is 0.869. The average Bonchev–Trinajstić information content (AvgIpc) is 2.81. The van der Waals surface area contributed by atoms with Crippen LogP contribution in [0, 0.1) is 0 Å². The molecule has 22 heavy (non-hydrogen) atoms. The van der Waals surface area contributed by atoms with Gasteiger partial charge >= 0.3 is 0 Å². The third-order valence-corrected chi connectivity index (χ3v) is 6.08.